The Bertz CT molecular complexity index is 1030. The van der Waals surface area contributed by atoms with Gasteiger partial charge in [-0.05, 0) is 60.0 Å². The minimum absolute atomic E-state index is 0.187. The molecule has 160 valence electrons. The van der Waals surface area contributed by atoms with Crippen LogP contribution in [-0.4, -0.2) is 26.0 Å². The summed E-state index contributed by atoms with van der Waals surface area (Å²) in [7, 11) is 3.25. The molecule has 31 heavy (non-hydrogen) atoms. The lowest BCUT2D eigenvalue weighted by molar-refractivity contribution is -0.114. The van der Waals surface area contributed by atoms with Crippen molar-refractivity contribution in [2.45, 2.75) is 19.4 Å². The van der Waals surface area contributed by atoms with Crippen molar-refractivity contribution in [2.24, 2.45) is 0 Å². The molecule has 0 unspecified atom stereocenters. The molecule has 3 rings (SSSR count). The highest BCUT2D eigenvalue weighted by Gasteiger charge is 2.17. The lowest BCUT2D eigenvalue weighted by Crippen LogP contribution is -2.30. The predicted molar refractivity (Wildman–Crippen MR) is 121 cm³/mol. The summed E-state index contributed by atoms with van der Waals surface area (Å²) in [4.78, 5) is 24.3. The average Bonchev–Trinajstić information content (AvgIpc) is 2.79. The molecule has 0 saturated heterocycles. The average molecular weight is 418 g/mol. The van der Waals surface area contributed by atoms with Crippen molar-refractivity contribution >= 4 is 17.5 Å². The van der Waals surface area contributed by atoms with Gasteiger partial charge in [0.1, 0.15) is 11.5 Å². The van der Waals surface area contributed by atoms with E-state index in [1.807, 2.05) is 48.5 Å². The molecule has 3 aromatic carbocycles. The van der Waals surface area contributed by atoms with Gasteiger partial charge in [-0.25, -0.2) is 0 Å². The monoisotopic (exact) mass is 418 g/mol. The maximum Gasteiger partial charge on any atom is 0.251 e. The van der Waals surface area contributed by atoms with Crippen LogP contribution in [0.5, 0.6) is 11.5 Å². The zero-order chi connectivity index (χ0) is 22.2. The largest absolute Gasteiger partial charge is 0.497 e. The van der Waals surface area contributed by atoms with Gasteiger partial charge in [0.05, 0.1) is 20.3 Å². The van der Waals surface area contributed by atoms with Crippen LogP contribution < -0.4 is 20.1 Å². The van der Waals surface area contributed by atoms with E-state index in [0.29, 0.717) is 17.7 Å². The van der Waals surface area contributed by atoms with E-state index in [1.165, 1.54) is 6.92 Å². The molecule has 0 aliphatic carbocycles. The van der Waals surface area contributed by atoms with Crippen LogP contribution in [0.1, 0.15) is 34.5 Å². The minimum Gasteiger partial charge on any atom is -0.497 e. The first-order chi connectivity index (χ1) is 15.0. The third-order valence-corrected chi connectivity index (χ3v) is 4.87. The summed E-state index contributed by atoms with van der Waals surface area (Å²) in [6.45, 7) is 1.43. The topological polar surface area (TPSA) is 76.7 Å². The number of anilines is 1. The SMILES string of the molecule is COc1ccc(C[C@@H](NC(=O)c2cccc(NC(C)=O)c2)c2ccc(OC)cc2)cc1. The molecule has 6 nitrogen and oxygen atoms in total. The molecule has 1 atom stereocenters. The number of benzene rings is 3. The normalized spacial score (nSPS) is 11.3. The van der Waals surface area contributed by atoms with Gasteiger partial charge >= 0.3 is 0 Å². The second kappa shape index (κ2) is 10.3. The summed E-state index contributed by atoms with van der Waals surface area (Å²) < 4.78 is 10.5. The van der Waals surface area contributed by atoms with Crippen molar-refractivity contribution in [1.82, 2.24) is 5.32 Å². The number of ether oxygens (including phenoxy) is 2. The van der Waals surface area contributed by atoms with E-state index in [9.17, 15) is 9.59 Å². The Kier molecular flexibility index (Phi) is 7.27. The molecule has 2 amide bonds. The van der Waals surface area contributed by atoms with Crippen LogP contribution in [0.2, 0.25) is 0 Å². The number of carbonyl (C=O) groups is 2. The summed E-state index contributed by atoms with van der Waals surface area (Å²) in [5.41, 5.74) is 3.08. The van der Waals surface area contributed by atoms with E-state index in [0.717, 1.165) is 22.6 Å². The van der Waals surface area contributed by atoms with Crippen molar-refractivity contribution in [3.8, 4) is 11.5 Å². The van der Waals surface area contributed by atoms with Gasteiger partial charge < -0.3 is 20.1 Å². The molecule has 0 aliphatic rings. The van der Waals surface area contributed by atoms with Crippen LogP contribution in [0.25, 0.3) is 0 Å². The molecule has 0 heterocycles. The van der Waals surface area contributed by atoms with Gasteiger partial charge in [0.2, 0.25) is 5.91 Å². The maximum atomic E-state index is 13.0. The molecule has 0 aromatic heterocycles. The fraction of sp³-hybridized carbons (Fsp3) is 0.200. The number of methoxy groups -OCH3 is 2. The molecule has 2 N–H and O–H groups in total. The van der Waals surface area contributed by atoms with Crippen molar-refractivity contribution < 1.29 is 19.1 Å². The van der Waals surface area contributed by atoms with Crippen molar-refractivity contribution in [1.29, 1.82) is 0 Å². The number of rotatable bonds is 8. The van der Waals surface area contributed by atoms with Gasteiger partial charge in [-0.1, -0.05) is 30.3 Å². The van der Waals surface area contributed by atoms with E-state index in [1.54, 1.807) is 38.5 Å². The maximum absolute atomic E-state index is 13.0. The van der Waals surface area contributed by atoms with E-state index < -0.39 is 0 Å². The van der Waals surface area contributed by atoms with Crippen LogP contribution in [0.4, 0.5) is 5.69 Å². The zero-order valence-electron chi connectivity index (χ0n) is 17.8. The Morgan fingerprint density at radius 2 is 1.48 bits per heavy atom. The highest BCUT2D eigenvalue weighted by molar-refractivity contribution is 5.97. The number of amides is 2. The lowest BCUT2D eigenvalue weighted by atomic mass is 9.98. The summed E-state index contributed by atoms with van der Waals surface area (Å²) in [6, 6.07) is 22.0. The minimum atomic E-state index is -0.253. The summed E-state index contributed by atoms with van der Waals surface area (Å²) in [5, 5.41) is 5.82. The Balaban J connectivity index is 1.84. The van der Waals surface area contributed by atoms with Gasteiger partial charge in [0, 0.05) is 18.2 Å². The lowest BCUT2D eigenvalue weighted by Gasteiger charge is -2.20. The molecule has 0 bridgehead atoms. The van der Waals surface area contributed by atoms with Crippen LogP contribution in [0.3, 0.4) is 0 Å². The molecule has 0 saturated carbocycles. The highest BCUT2D eigenvalue weighted by atomic mass is 16.5. The van der Waals surface area contributed by atoms with Crippen molar-refractivity contribution in [3.05, 3.63) is 89.5 Å². The summed E-state index contributed by atoms with van der Waals surface area (Å²) in [5.74, 6) is 1.12. The fourth-order valence-corrected chi connectivity index (χ4v) is 3.27. The van der Waals surface area contributed by atoms with E-state index in [4.69, 9.17) is 9.47 Å². The Morgan fingerprint density at radius 1 is 0.871 bits per heavy atom. The predicted octanol–water partition coefficient (Wildman–Crippen LogP) is 4.38. The van der Waals surface area contributed by atoms with Crippen molar-refractivity contribution in [3.63, 3.8) is 0 Å². The molecule has 0 spiro atoms. The molecular formula is C25H26N2O4. The molecule has 0 fully saturated rings. The molecule has 0 radical (unpaired) electrons. The zero-order valence-corrected chi connectivity index (χ0v) is 17.8. The van der Waals surface area contributed by atoms with Gasteiger partial charge in [-0.15, -0.1) is 0 Å². The van der Waals surface area contributed by atoms with Crippen LogP contribution >= 0.6 is 0 Å². The van der Waals surface area contributed by atoms with Crippen LogP contribution in [0, 0.1) is 0 Å². The number of hydrogen-bond donors (Lipinski definition) is 2. The molecule has 6 heteroatoms. The first-order valence-corrected chi connectivity index (χ1v) is 9.94. The van der Waals surface area contributed by atoms with E-state index in [-0.39, 0.29) is 17.9 Å². The smallest absolute Gasteiger partial charge is 0.251 e. The van der Waals surface area contributed by atoms with Gasteiger partial charge in [0.15, 0.2) is 0 Å². The quantitative estimate of drug-likeness (QED) is 0.569. The van der Waals surface area contributed by atoms with Crippen LogP contribution in [-0.2, 0) is 11.2 Å². The highest BCUT2D eigenvalue weighted by Crippen LogP contribution is 2.23. The Morgan fingerprint density at radius 3 is 2.06 bits per heavy atom. The third-order valence-electron chi connectivity index (χ3n) is 4.87. The number of carbonyl (C=O) groups excluding carboxylic acids is 2. The van der Waals surface area contributed by atoms with Crippen molar-refractivity contribution in [2.75, 3.05) is 19.5 Å². The molecule has 0 aliphatic heterocycles. The van der Waals surface area contributed by atoms with Gasteiger partial charge in [-0.3, -0.25) is 9.59 Å². The first kappa shape index (κ1) is 21.9. The molecule has 3 aromatic rings. The Hall–Kier alpha value is -3.80. The molecular weight excluding hydrogens is 392 g/mol. The fourth-order valence-electron chi connectivity index (χ4n) is 3.27. The number of nitrogens with one attached hydrogen (secondary N) is 2. The third kappa shape index (κ3) is 6.09. The summed E-state index contributed by atoms with van der Waals surface area (Å²) in [6.07, 6.45) is 0.605. The second-order valence-electron chi connectivity index (χ2n) is 7.11. The van der Waals surface area contributed by atoms with E-state index >= 15 is 0 Å². The second-order valence-corrected chi connectivity index (χ2v) is 7.11. The standard InChI is InChI=1S/C25H26N2O4/c1-17(28)26-21-6-4-5-20(16-21)25(29)27-24(19-9-13-23(31-3)14-10-19)15-18-7-11-22(30-2)12-8-18/h4-14,16,24H,15H2,1-3H3,(H,26,28)(H,27,29)/t24-/m1/s1. The Labute approximate surface area is 182 Å². The summed E-state index contributed by atoms with van der Waals surface area (Å²) >= 11 is 0. The van der Waals surface area contributed by atoms with Gasteiger partial charge in [-0.2, -0.15) is 0 Å². The number of hydrogen-bond acceptors (Lipinski definition) is 4. The van der Waals surface area contributed by atoms with Crippen LogP contribution in [0.15, 0.2) is 72.8 Å². The van der Waals surface area contributed by atoms with Gasteiger partial charge in [0.25, 0.3) is 5.91 Å². The van der Waals surface area contributed by atoms with E-state index in [2.05, 4.69) is 10.6 Å². The first-order valence-electron chi connectivity index (χ1n) is 9.94.